The molecule has 16 heteroatoms. The van der Waals surface area contributed by atoms with Gasteiger partial charge in [-0.25, -0.2) is 9.97 Å². The van der Waals surface area contributed by atoms with E-state index >= 15 is 0 Å². The number of aromatic nitrogens is 2. The number of anilines is 2. The first-order valence-corrected chi connectivity index (χ1v) is 21.5. The summed E-state index contributed by atoms with van der Waals surface area (Å²) in [5, 5.41) is 3.11. The first kappa shape index (κ1) is 48.0. The molecule has 15 nitrogen and oxygen atoms in total. The number of carbonyl (C=O) groups is 3. The number of rotatable bonds is 24. The normalized spacial score (nSPS) is 14.8. The number of carbonyl (C=O) groups excluding carboxylic acids is 3. The van der Waals surface area contributed by atoms with Crippen molar-refractivity contribution in [2.75, 3.05) is 119 Å². The zero-order valence-corrected chi connectivity index (χ0v) is 37.4. The van der Waals surface area contributed by atoms with Crippen LogP contribution in [-0.2, 0) is 22.4 Å². The van der Waals surface area contributed by atoms with E-state index in [-0.39, 0.29) is 53.6 Å². The van der Waals surface area contributed by atoms with Gasteiger partial charge in [0.15, 0.2) is 35.7 Å². The summed E-state index contributed by atoms with van der Waals surface area (Å²) >= 11 is 6.09. The van der Waals surface area contributed by atoms with Crippen LogP contribution in [0.5, 0.6) is 11.5 Å². The summed E-state index contributed by atoms with van der Waals surface area (Å²) in [5.41, 5.74) is 14.1. The number of nitrogens with one attached hydrogen (secondary N) is 1. The summed E-state index contributed by atoms with van der Waals surface area (Å²) in [4.78, 5) is 54.3. The van der Waals surface area contributed by atoms with Crippen LogP contribution in [0.15, 0.2) is 48.5 Å². The number of nitrogens with zero attached hydrogens (tertiary/aromatic N) is 7. The predicted molar refractivity (Wildman–Crippen MR) is 238 cm³/mol. The van der Waals surface area contributed by atoms with E-state index in [1.807, 2.05) is 66.6 Å². The lowest BCUT2D eigenvalue weighted by atomic mass is 9.99. The Morgan fingerprint density at radius 1 is 0.717 bits per heavy atom. The number of hydrogen-bond acceptors (Lipinski definition) is 11. The van der Waals surface area contributed by atoms with E-state index in [2.05, 4.69) is 49.4 Å². The fraction of sp³-hybridized carbons (Fsp3) is 0.568. The molecule has 5 N–H and O–H groups in total. The van der Waals surface area contributed by atoms with E-state index < -0.39 is 5.91 Å². The van der Waals surface area contributed by atoms with Crippen LogP contribution < -0.4 is 26.3 Å². The summed E-state index contributed by atoms with van der Waals surface area (Å²) in [6.45, 7) is 6.92. The fourth-order valence-electron chi connectivity index (χ4n) is 7.57. The standard InChI is InChI=1S/C44H67ClN10O5/c1-51(2)23-10-25-53(5)38(56)31-59-36-19-15-33(16-20-36)12-7-27-55(29-9-14-35(30-55)48-44(58)40-42(46)50-43(47)41(45)49-40)28-8-13-34-17-21-37(22-18-34)60-32-39(57)54(6)26-11-24-52(3)4/h15-22,35H,7-14,23-32H2,1-6H3,(H4-,46,47,48,50,58)/p+1. The molecule has 0 saturated carbocycles. The van der Waals surface area contributed by atoms with E-state index in [4.69, 9.17) is 32.5 Å². The zero-order valence-electron chi connectivity index (χ0n) is 36.6. The largest absolute Gasteiger partial charge is 0.484 e. The topological polar surface area (TPSA) is 172 Å². The van der Waals surface area contributed by atoms with Crippen molar-refractivity contribution in [3.8, 4) is 11.5 Å². The van der Waals surface area contributed by atoms with E-state index in [9.17, 15) is 14.4 Å². The Morgan fingerprint density at radius 2 is 1.20 bits per heavy atom. The number of nitrogens with two attached hydrogens (primary N) is 2. The Balaban J connectivity index is 1.33. The SMILES string of the molecule is CN(C)CCCN(C)C(=O)COc1ccc(CCC[N+]2(CCCc3ccc(OCC(=O)N(C)CCCN(C)C)cc3)CCCC(NC(=O)c3nc(Cl)c(N)nc3N)C2)cc1. The number of halogens is 1. The van der Waals surface area contributed by atoms with Gasteiger partial charge in [-0.3, -0.25) is 14.4 Å². The highest BCUT2D eigenvalue weighted by Crippen LogP contribution is 2.25. The lowest BCUT2D eigenvalue weighted by Crippen LogP contribution is -2.60. The molecule has 0 radical (unpaired) electrons. The van der Waals surface area contributed by atoms with Gasteiger partial charge in [-0.05, 0) is 115 Å². The molecule has 3 amide bonds. The molecule has 1 aliphatic heterocycles. The molecule has 3 aromatic rings. The second kappa shape index (κ2) is 23.9. The quantitative estimate of drug-likeness (QED) is 0.112. The summed E-state index contributed by atoms with van der Waals surface area (Å²) in [7, 11) is 11.7. The van der Waals surface area contributed by atoms with Crippen molar-refractivity contribution in [3.05, 3.63) is 70.5 Å². The van der Waals surface area contributed by atoms with E-state index in [0.717, 1.165) is 95.1 Å². The molecule has 1 aromatic heterocycles. The van der Waals surface area contributed by atoms with Gasteiger partial charge in [0.25, 0.3) is 17.7 Å². The summed E-state index contributed by atoms with van der Waals surface area (Å²) < 4.78 is 12.5. The van der Waals surface area contributed by atoms with Crippen molar-refractivity contribution in [1.29, 1.82) is 0 Å². The number of amides is 3. The van der Waals surface area contributed by atoms with E-state index in [0.29, 0.717) is 24.6 Å². The van der Waals surface area contributed by atoms with Crippen molar-refractivity contribution in [2.45, 2.75) is 57.4 Å². The van der Waals surface area contributed by atoms with E-state index in [1.54, 1.807) is 9.80 Å². The van der Waals surface area contributed by atoms with Gasteiger partial charge in [-0.1, -0.05) is 35.9 Å². The summed E-state index contributed by atoms with van der Waals surface area (Å²) in [6.07, 6.45) is 7.31. The maximum Gasteiger partial charge on any atom is 0.274 e. The highest BCUT2D eigenvalue weighted by atomic mass is 35.5. The Bertz CT molecular complexity index is 1730. The lowest BCUT2D eigenvalue weighted by molar-refractivity contribution is -0.933. The average Bonchev–Trinajstić information content (AvgIpc) is 3.21. The molecule has 1 fully saturated rings. The number of quaternary nitrogens is 1. The molecule has 0 aliphatic carbocycles. The van der Waals surface area contributed by atoms with Crippen LogP contribution in [0.25, 0.3) is 0 Å². The minimum absolute atomic E-state index is 0.00843. The van der Waals surface area contributed by atoms with Gasteiger partial charge in [0.2, 0.25) is 0 Å². The predicted octanol–water partition coefficient (Wildman–Crippen LogP) is 3.85. The van der Waals surface area contributed by atoms with Crippen molar-refractivity contribution in [1.82, 2.24) is 34.9 Å². The molecule has 0 bridgehead atoms. The molecule has 0 spiro atoms. The Hall–Kier alpha value is -4.70. The maximum absolute atomic E-state index is 13.4. The summed E-state index contributed by atoms with van der Waals surface area (Å²) in [5.74, 6) is 0.784. The molecule has 1 atom stereocenters. The minimum Gasteiger partial charge on any atom is -0.484 e. The zero-order chi connectivity index (χ0) is 43.7. The highest BCUT2D eigenvalue weighted by Gasteiger charge is 2.35. The minimum atomic E-state index is -0.410. The number of ether oxygens (including phenoxy) is 2. The van der Waals surface area contributed by atoms with Gasteiger partial charge >= 0.3 is 0 Å². The Kier molecular flexibility index (Phi) is 19.1. The van der Waals surface area contributed by atoms with Crippen LogP contribution in [0, 0.1) is 0 Å². The number of benzene rings is 2. The van der Waals surface area contributed by atoms with Gasteiger partial charge in [0.05, 0.1) is 32.2 Å². The lowest BCUT2D eigenvalue weighted by Gasteiger charge is -2.45. The first-order valence-electron chi connectivity index (χ1n) is 21.1. The molecular formula is C44H68ClN10O5+. The van der Waals surface area contributed by atoms with Crippen molar-refractivity contribution >= 4 is 41.0 Å². The molecule has 60 heavy (non-hydrogen) atoms. The van der Waals surface area contributed by atoms with Crippen LogP contribution in [0.1, 0.15) is 60.1 Å². The second-order valence-corrected chi connectivity index (χ2v) is 17.0. The summed E-state index contributed by atoms with van der Waals surface area (Å²) in [6, 6.07) is 15.9. The van der Waals surface area contributed by atoms with Crippen LogP contribution in [-0.4, -0.2) is 166 Å². The van der Waals surface area contributed by atoms with Gasteiger partial charge in [0, 0.05) is 40.0 Å². The third-order valence-electron chi connectivity index (χ3n) is 11.1. The van der Waals surface area contributed by atoms with Gasteiger partial charge < -0.3 is 50.3 Å². The van der Waals surface area contributed by atoms with Gasteiger partial charge in [-0.2, -0.15) is 0 Å². The Labute approximate surface area is 361 Å². The van der Waals surface area contributed by atoms with Gasteiger partial charge in [0.1, 0.15) is 11.5 Å². The van der Waals surface area contributed by atoms with Crippen LogP contribution in [0.4, 0.5) is 11.6 Å². The van der Waals surface area contributed by atoms with Crippen LogP contribution in [0.3, 0.4) is 0 Å². The third kappa shape index (κ3) is 16.1. The molecule has 1 saturated heterocycles. The van der Waals surface area contributed by atoms with E-state index in [1.165, 1.54) is 11.1 Å². The highest BCUT2D eigenvalue weighted by molar-refractivity contribution is 6.31. The van der Waals surface area contributed by atoms with Crippen LogP contribution >= 0.6 is 11.6 Å². The maximum atomic E-state index is 13.4. The smallest absolute Gasteiger partial charge is 0.274 e. The fourth-order valence-corrected chi connectivity index (χ4v) is 7.70. The number of likely N-dealkylation sites (tertiary alicyclic amines) is 1. The monoisotopic (exact) mass is 852 g/mol. The Morgan fingerprint density at radius 3 is 1.67 bits per heavy atom. The number of likely N-dealkylation sites (N-methyl/N-ethyl adjacent to an activating group) is 2. The first-order chi connectivity index (χ1) is 28.6. The molecule has 1 unspecified atom stereocenters. The molecule has 4 rings (SSSR count). The molecular weight excluding hydrogens is 784 g/mol. The third-order valence-corrected chi connectivity index (χ3v) is 11.3. The van der Waals surface area contributed by atoms with Crippen molar-refractivity contribution < 1.29 is 28.3 Å². The van der Waals surface area contributed by atoms with Gasteiger partial charge in [-0.15, -0.1) is 0 Å². The number of nitrogen functional groups attached to an aromatic ring is 2. The van der Waals surface area contributed by atoms with Crippen LogP contribution in [0.2, 0.25) is 5.15 Å². The van der Waals surface area contributed by atoms with Crippen molar-refractivity contribution in [2.24, 2.45) is 0 Å². The average molecular weight is 853 g/mol. The number of piperidine rings is 1. The van der Waals surface area contributed by atoms with Crippen molar-refractivity contribution in [3.63, 3.8) is 0 Å². The number of hydrogen-bond donors (Lipinski definition) is 3. The molecule has 2 heterocycles. The number of aryl methyl sites for hydroxylation is 2. The molecule has 330 valence electrons. The molecule has 2 aromatic carbocycles. The second-order valence-electron chi connectivity index (χ2n) is 16.7. The molecule has 1 aliphatic rings.